The minimum atomic E-state index is -0.492. The molecule has 1 aromatic rings. The van der Waals surface area contributed by atoms with E-state index in [0.29, 0.717) is 5.56 Å². The fourth-order valence-electron chi connectivity index (χ4n) is 1.05. The zero-order chi connectivity index (χ0) is 11.3. The summed E-state index contributed by atoms with van der Waals surface area (Å²) >= 11 is 0. The maximum Gasteiger partial charge on any atom is 0.321 e. The molecule has 0 aliphatic rings. The van der Waals surface area contributed by atoms with Crippen LogP contribution in [0.4, 0.5) is 5.69 Å². The first-order valence-electron chi connectivity index (χ1n) is 4.24. The third-order valence-corrected chi connectivity index (χ3v) is 1.67. The molecule has 0 radical (unpaired) electrons. The van der Waals surface area contributed by atoms with Crippen molar-refractivity contribution in [2.75, 3.05) is 0 Å². The molecule has 0 unspecified atom stereocenters. The second-order valence-corrected chi connectivity index (χ2v) is 2.80. The molecule has 6 nitrogen and oxygen atoms in total. The van der Waals surface area contributed by atoms with E-state index < -0.39 is 10.9 Å². The fraction of sp³-hybridized carbons (Fsp3) is 0.222. The summed E-state index contributed by atoms with van der Waals surface area (Å²) < 4.78 is 0. The van der Waals surface area contributed by atoms with E-state index in [0.717, 1.165) is 0 Å². The molecule has 80 valence electrons. The molecule has 0 amide bonds. The zero-order valence-electron chi connectivity index (χ0n) is 8.10. The van der Waals surface area contributed by atoms with E-state index in [-0.39, 0.29) is 12.2 Å². The first-order valence-corrected chi connectivity index (χ1v) is 4.24. The van der Waals surface area contributed by atoms with Gasteiger partial charge in [0.1, 0.15) is 0 Å². The van der Waals surface area contributed by atoms with Crippen LogP contribution in [-0.4, -0.2) is 10.9 Å². The van der Waals surface area contributed by atoms with Crippen molar-refractivity contribution in [2.45, 2.75) is 13.5 Å². The highest BCUT2D eigenvalue weighted by Gasteiger charge is 2.11. The van der Waals surface area contributed by atoms with Gasteiger partial charge in [0.2, 0.25) is 0 Å². The van der Waals surface area contributed by atoms with E-state index in [1.165, 1.54) is 13.0 Å². The van der Waals surface area contributed by atoms with Crippen molar-refractivity contribution in [3.8, 4) is 0 Å². The van der Waals surface area contributed by atoms with Crippen molar-refractivity contribution >= 4 is 11.7 Å². The van der Waals surface area contributed by atoms with Crippen LogP contribution in [-0.2, 0) is 16.2 Å². The van der Waals surface area contributed by atoms with Gasteiger partial charge in [-0.15, -0.1) is 5.48 Å². The summed E-state index contributed by atoms with van der Waals surface area (Å²) in [6.07, 6.45) is 0. The van der Waals surface area contributed by atoms with E-state index in [2.05, 4.69) is 10.3 Å². The van der Waals surface area contributed by atoms with Gasteiger partial charge in [0.05, 0.1) is 11.5 Å². The Hall–Kier alpha value is -1.95. The lowest BCUT2D eigenvalue weighted by Gasteiger charge is -2.03. The highest BCUT2D eigenvalue weighted by Crippen LogP contribution is 2.16. The van der Waals surface area contributed by atoms with Gasteiger partial charge in [0, 0.05) is 18.6 Å². The minimum absolute atomic E-state index is 0.00264. The quantitative estimate of drug-likeness (QED) is 0.595. The molecule has 6 heteroatoms. The number of para-hydroxylation sites is 1. The van der Waals surface area contributed by atoms with Crippen LogP contribution in [0.15, 0.2) is 24.3 Å². The summed E-state index contributed by atoms with van der Waals surface area (Å²) in [6, 6.07) is 6.24. The third-order valence-electron chi connectivity index (χ3n) is 1.67. The van der Waals surface area contributed by atoms with Gasteiger partial charge >= 0.3 is 5.97 Å². The Kier molecular flexibility index (Phi) is 3.75. The molecule has 0 heterocycles. The zero-order valence-corrected chi connectivity index (χ0v) is 8.10. The van der Waals surface area contributed by atoms with Gasteiger partial charge in [-0.25, -0.2) is 0 Å². The van der Waals surface area contributed by atoms with Crippen LogP contribution in [0.1, 0.15) is 12.5 Å². The Labute approximate surface area is 86.0 Å². The topological polar surface area (TPSA) is 81.5 Å². The number of nitrogens with one attached hydrogen (secondary N) is 1. The summed E-state index contributed by atoms with van der Waals surface area (Å²) in [6.45, 7) is 1.35. The van der Waals surface area contributed by atoms with Gasteiger partial charge in [-0.2, -0.15) is 0 Å². The van der Waals surface area contributed by atoms with Crippen molar-refractivity contribution in [1.82, 2.24) is 5.48 Å². The monoisotopic (exact) mass is 210 g/mol. The molecule has 0 spiro atoms. The van der Waals surface area contributed by atoms with Gasteiger partial charge in [-0.05, 0) is 0 Å². The molecular weight excluding hydrogens is 200 g/mol. The number of hydroxylamine groups is 1. The van der Waals surface area contributed by atoms with E-state index in [1.54, 1.807) is 18.2 Å². The first-order chi connectivity index (χ1) is 7.11. The van der Waals surface area contributed by atoms with E-state index in [9.17, 15) is 14.9 Å². The average Bonchev–Trinajstić information content (AvgIpc) is 2.17. The Balaban J connectivity index is 2.67. The summed E-state index contributed by atoms with van der Waals surface area (Å²) in [7, 11) is 0. The molecule has 0 aromatic heterocycles. The number of nitro groups is 1. The highest BCUT2D eigenvalue weighted by molar-refractivity contribution is 5.65. The average molecular weight is 210 g/mol. The fourth-order valence-corrected chi connectivity index (χ4v) is 1.05. The molecular formula is C9H10N2O4. The van der Waals surface area contributed by atoms with E-state index >= 15 is 0 Å². The maximum atomic E-state index is 10.6. The van der Waals surface area contributed by atoms with Crippen molar-refractivity contribution in [1.29, 1.82) is 0 Å². The van der Waals surface area contributed by atoms with Gasteiger partial charge in [-0.3, -0.25) is 14.9 Å². The molecule has 1 rings (SSSR count). The van der Waals surface area contributed by atoms with Crippen molar-refractivity contribution < 1.29 is 14.6 Å². The number of hydrogen-bond acceptors (Lipinski definition) is 5. The smallest absolute Gasteiger partial charge is 0.321 e. The van der Waals surface area contributed by atoms with E-state index in [1.807, 2.05) is 0 Å². The van der Waals surface area contributed by atoms with Crippen LogP contribution in [0.2, 0.25) is 0 Å². The Morgan fingerprint density at radius 2 is 2.20 bits per heavy atom. The first kappa shape index (κ1) is 11.1. The Morgan fingerprint density at radius 1 is 1.53 bits per heavy atom. The number of carbonyl (C=O) groups excluding carboxylic acids is 1. The van der Waals surface area contributed by atoms with Crippen LogP contribution in [0.5, 0.6) is 0 Å². The summed E-state index contributed by atoms with van der Waals surface area (Å²) in [5.41, 5.74) is 2.80. The number of nitro benzene ring substituents is 1. The molecule has 0 saturated carbocycles. The second-order valence-electron chi connectivity index (χ2n) is 2.80. The number of hydrogen-bond donors (Lipinski definition) is 1. The summed E-state index contributed by atoms with van der Waals surface area (Å²) in [5, 5.41) is 10.6. The second kappa shape index (κ2) is 5.06. The van der Waals surface area contributed by atoms with Gasteiger partial charge in [0.25, 0.3) is 5.69 Å². The number of benzene rings is 1. The standard InChI is InChI=1S/C9H10N2O4/c1-7(12)15-10-6-8-4-2-3-5-9(8)11(13)14/h2-5,10H,6H2,1H3. The molecule has 15 heavy (non-hydrogen) atoms. The normalized spacial score (nSPS) is 9.67. The Morgan fingerprint density at radius 3 is 2.80 bits per heavy atom. The lowest BCUT2D eigenvalue weighted by atomic mass is 10.2. The molecule has 0 fully saturated rings. The molecule has 0 saturated heterocycles. The highest BCUT2D eigenvalue weighted by atomic mass is 16.7. The maximum absolute atomic E-state index is 10.6. The van der Waals surface area contributed by atoms with Gasteiger partial charge in [-0.1, -0.05) is 18.2 Å². The van der Waals surface area contributed by atoms with Gasteiger partial charge in [0.15, 0.2) is 0 Å². The van der Waals surface area contributed by atoms with Crippen LogP contribution in [0.3, 0.4) is 0 Å². The van der Waals surface area contributed by atoms with Crippen molar-refractivity contribution in [3.05, 3.63) is 39.9 Å². The van der Waals surface area contributed by atoms with Crippen LogP contribution in [0, 0.1) is 10.1 Å². The molecule has 0 aliphatic heterocycles. The molecule has 0 atom stereocenters. The molecule has 0 bridgehead atoms. The Bertz CT molecular complexity index is 378. The number of rotatable bonds is 4. The summed E-state index contributed by atoms with van der Waals surface area (Å²) in [4.78, 5) is 25.0. The minimum Gasteiger partial charge on any atom is -0.371 e. The van der Waals surface area contributed by atoms with Crippen LogP contribution in [0.25, 0.3) is 0 Å². The predicted octanol–water partition coefficient (Wildman–Crippen LogP) is 1.16. The summed E-state index contributed by atoms with van der Waals surface area (Å²) in [5.74, 6) is -0.492. The van der Waals surface area contributed by atoms with E-state index in [4.69, 9.17) is 0 Å². The van der Waals surface area contributed by atoms with Crippen molar-refractivity contribution in [3.63, 3.8) is 0 Å². The molecule has 1 aromatic carbocycles. The largest absolute Gasteiger partial charge is 0.371 e. The van der Waals surface area contributed by atoms with Crippen molar-refractivity contribution in [2.24, 2.45) is 0 Å². The molecule has 0 aliphatic carbocycles. The lowest BCUT2D eigenvalue weighted by molar-refractivity contribution is -0.385. The van der Waals surface area contributed by atoms with Crippen LogP contribution < -0.4 is 5.48 Å². The number of nitrogens with zero attached hydrogens (tertiary/aromatic N) is 1. The number of carbonyl (C=O) groups is 1. The lowest BCUT2D eigenvalue weighted by Crippen LogP contribution is -2.17. The van der Waals surface area contributed by atoms with Crippen LogP contribution >= 0.6 is 0 Å². The SMILES string of the molecule is CC(=O)ONCc1ccccc1[N+](=O)[O-]. The molecule has 1 N–H and O–H groups in total. The predicted molar refractivity (Wildman–Crippen MR) is 51.7 cm³/mol. The van der Waals surface area contributed by atoms with Gasteiger partial charge < -0.3 is 4.84 Å². The third kappa shape index (κ3) is 3.35.